The minimum absolute atomic E-state index is 0.0229. The first-order valence-corrected chi connectivity index (χ1v) is 6.54. The SMILES string of the molecule is CC(Cc1c(F)cccc1F)NC(=O)C1CCCN1. The topological polar surface area (TPSA) is 41.1 Å². The molecule has 1 aromatic carbocycles. The molecule has 1 saturated heterocycles. The van der Waals surface area contributed by atoms with Crippen molar-refractivity contribution < 1.29 is 13.6 Å². The zero-order chi connectivity index (χ0) is 13.8. The molecule has 1 heterocycles. The highest BCUT2D eigenvalue weighted by molar-refractivity contribution is 5.82. The van der Waals surface area contributed by atoms with E-state index in [0.29, 0.717) is 0 Å². The van der Waals surface area contributed by atoms with E-state index in [0.717, 1.165) is 19.4 Å². The van der Waals surface area contributed by atoms with Crippen molar-refractivity contribution in [2.24, 2.45) is 0 Å². The van der Waals surface area contributed by atoms with Crippen LogP contribution in [0.25, 0.3) is 0 Å². The summed E-state index contributed by atoms with van der Waals surface area (Å²) < 4.78 is 27.0. The fraction of sp³-hybridized carbons (Fsp3) is 0.500. The van der Waals surface area contributed by atoms with Gasteiger partial charge in [-0.25, -0.2) is 8.78 Å². The van der Waals surface area contributed by atoms with Crippen molar-refractivity contribution in [2.45, 2.75) is 38.3 Å². The number of hydrogen-bond acceptors (Lipinski definition) is 2. The molecule has 1 fully saturated rings. The lowest BCUT2D eigenvalue weighted by atomic mass is 10.1. The van der Waals surface area contributed by atoms with Crippen LogP contribution in [0.5, 0.6) is 0 Å². The maximum Gasteiger partial charge on any atom is 0.237 e. The lowest BCUT2D eigenvalue weighted by molar-refractivity contribution is -0.123. The number of amides is 1. The maximum absolute atomic E-state index is 13.5. The summed E-state index contributed by atoms with van der Waals surface area (Å²) in [5, 5.41) is 5.88. The molecule has 104 valence electrons. The van der Waals surface area contributed by atoms with E-state index in [-0.39, 0.29) is 30.0 Å². The zero-order valence-corrected chi connectivity index (χ0v) is 10.9. The van der Waals surface area contributed by atoms with Crippen LogP contribution in [0.4, 0.5) is 8.78 Å². The minimum Gasteiger partial charge on any atom is -0.352 e. The standard InChI is InChI=1S/C14H18F2N2O/c1-9(18-14(19)13-6-3-7-17-13)8-10-11(15)4-2-5-12(10)16/h2,4-5,9,13,17H,3,6-8H2,1H3,(H,18,19). The highest BCUT2D eigenvalue weighted by atomic mass is 19.1. The van der Waals surface area contributed by atoms with Gasteiger partial charge in [0.2, 0.25) is 5.91 Å². The third-order valence-corrected chi connectivity index (χ3v) is 3.34. The number of hydrogen-bond donors (Lipinski definition) is 2. The summed E-state index contributed by atoms with van der Waals surface area (Å²) in [5.74, 6) is -1.23. The smallest absolute Gasteiger partial charge is 0.237 e. The van der Waals surface area contributed by atoms with Crippen LogP contribution in [0.2, 0.25) is 0 Å². The Hall–Kier alpha value is -1.49. The average molecular weight is 268 g/mol. The molecule has 2 N–H and O–H groups in total. The summed E-state index contributed by atoms with van der Waals surface area (Å²) in [5.41, 5.74) is 0.0229. The van der Waals surface area contributed by atoms with Gasteiger partial charge in [-0.2, -0.15) is 0 Å². The van der Waals surface area contributed by atoms with E-state index in [4.69, 9.17) is 0 Å². The Morgan fingerprint density at radius 3 is 2.74 bits per heavy atom. The molecule has 2 unspecified atom stereocenters. The van der Waals surface area contributed by atoms with E-state index < -0.39 is 11.6 Å². The van der Waals surface area contributed by atoms with Crippen molar-refractivity contribution in [1.29, 1.82) is 0 Å². The lowest BCUT2D eigenvalue weighted by Crippen LogP contribution is -2.45. The number of carbonyl (C=O) groups excluding carboxylic acids is 1. The van der Waals surface area contributed by atoms with Gasteiger partial charge in [-0.15, -0.1) is 0 Å². The second-order valence-electron chi connectivity index (χ2n) is 4.96. The predicted molar refractivity (Wildman–Crippen MR) is 68.7 cm³/mol. The van der Waals surface area contributed by atoms with E-state index in [9.17, 15) is 13.6 Å². The first kappa shape index (κ1) is 13.9. The molecule has 1 aromatic rings. The van der Waals surface area contributed by atoms with Gasteiger partial charge in [-0.1, -0.05) is 6.07 Å². The molecule has 19 heavy (non-hydrogen) atoms. The van der Waals surface area contributed by atoms with Crippen LogP contribution in [-0.4, -0.2) is 24.5 Å². The quantitative estimate of drug-likeness (QED) is 0.873. The van der Waals surface area contributed by atoms with E-state index in [1.807, 2.05) is 0 Å². The molecule has 3 nitrogen and oxygen atoms in total. The molecular weight excluding hydrogens is 250 g/mol. The first-order chi connectivity index (χ1) is 9.08. The summed E-state index contributed by atoms with van der Waals surface area (Å²) >= 11 is 0. The Bertz CT molecular complexity index is 439. The summed E-state index contributed by atoms with van der Waals surface area (Å²) in [6.07, 6.45) is 1.94. The highest BCUT2D eigenvalue weighted by Crippen LogP contribution is 2.14. The molecule has 5 heteroatoms. The normalized spacial score (nSPS) is 20.3. The first-order valence-electron chi connectivity index (χ1n) is 6.54. The van der Waals surface area contributed by atoms with Gasteiger partial charge in [0.15, 0.2) is 0 Å². The molecule has 1 aliphatic heterocycles. The molecule has 0 bridgehead atoms. The largest absolute Gasteiger partial charge is 0.352 e. The fourth-order valence-electron chi connectivity index (χ4n) is 2.34. The number of carbonyl (C=O) groups is 1. The zero-order valence-electron chi connectivity index (χ0n) is 10.9. The maximum atomic E-state index is 13.5. The van der Waals surface area contributed by atoms with Crippen molar-refractivity contribution in [3.05, 3.63) is 35.4 Å². The molecule has 0 saturated carbocycles. The second kappa shape index (κ2) is 6.10. The second-order valence-corrected chi connectivity index (χ2v) is 4.96. The summed E-state index contributed by atoms with van der Waals surface area (Å²) in [6.45, 7) is 2.59. The minimum atomic E-state index is -0.569. The monoisotopic (exact) mass is 268 g/mol. The van der Waals surface area contributed by atoms with Gasteiger partial charge in [-0.3, -0.25) is 4.79 Å². The fourth-order valence-corrected chi connectivity index (χ4v) is 2.34. The Balaban J connectivity index is 1.93. The van der Waals surface area contributed by atoms with Crippen molar-refractivity contribution >= 4 is 5.91 Å². The number of rotatable bonds is 4. The van der Waals surface area contributed by atoms with Crippen LogP contribution in [-0.2, 0) is 11.2 Å². The van der Waals surface area contributed by atoms with Gasteiger partial charge in [0.05, 0.1) is 6.04 Å². The van der Waals surface area contributed by atoms with Crippen LogP contribution in [0.3, 0.4) is 0 Å². The van der Waals surface area contributed by atoms with Crippen molar-refractivity contribution in [1.82, 2.24) is 10.6 Å². The van der Waals surface area contributed by atoms with Crippen LogP contribution in [0.15, 0.2) is 18.2 Å². The molecule has 0 radical (unpaired) electrons. The average Bonchev–Trinajstić information content (AvgIpc) is 2.88. The van der Waals surface area contributed by atoms with Gasteiger partial charge >= 0.3 is 0 Å². The third kappa shape index (κ3) is 3.50. The predicted octanol–water partition coefficient (Wildman–Crippen LogP) is 1.76. The van der Waals surface area contributed by atoms with Crippen LogP contribution < -0.4 is 10.6 Å². The molecule has 2 rings (SSSR count). The molecule has 0 spiro atoms. The Labute approximate surface area is 111 Å². The molecule has 2 atom stereocenters. The van der Waals surface area contributed by atoms with E-state index in [1.165, 1.54) is 18.2 Å². The Morgan fingerprint density at radius 1 is 1.47 bits per heavy atom. The van der Waals surface area contributed by atoms with Crippen LogP contribution >= 0.6 is 0 Å². The number of nitrogens with one attached hydrogen (secondary N) is 2. The molecule has 1 amide bonds. The van der Waals surface area contributed by atoms with Crippen molar-refractivity contribution in [2.75, 3.05) is 6.54 Å². The van der Waals surface area contributed by atoms with Crippen LogP contribution in [0.1, 0.15) is 25.3 Å². The Morgan fingerprint density at radius 2 is 2.16 bits per heavy atom. The van der Waals surface area contributed by atoms with Crippen LogP contribution in [0, 0.1) is 11.6 Å². The third-order valence-electron chi connectivity index (χ3n) is 3.34. The van der Waals surface area contributed by atoms with Gasteiger partial charge in [0.25, 0.3) is 0 Å². The summed E-state index contributed by atoms with van der Waals surface area (Å²) in [6, 6.07) is 3.31. The van der Waals surface area contributed by atoms with Gasteiger partial charge in [0, 0.05) is 11.6 Å². The van der Waals surface area contributed by atoms with Crippen molar-refractivity contribution in [3.8, 4) is 0 Å². The molecule has 0 aromatic heterocycles. The van der Waals surface area contributed by atoms with E-state index >= 15 is 0 Å². The van der Waals surface area contributed by atoms with E-state index in [2.05, 4.69) is 10.6 Å². The van der Waals surface area contributed by atoms with Gasteiger partial charge < -0.3 is 10.6 Å². The van der Waals surface area contributed by atoms with E-state index in [1.54, 1.807) is 6.92 Å². The lowest BCUT2D eigenvalue weighted by Gasteiger charge is -2.17. The summed E-state index contributed by atoms with van der Waals surface area (Å²) in [4.78, 5) is 11.9. The van der Waals surface area contributed by atoms with Gasteiger partial charge in [0.1, 0.15) is 11.6 Å². The number of benzene rings is 1. The molecular formula is C14H18F2N2O. The van der Waals surface area contributed by atoms with Crippen molar-refractivity contribution in [3.63, 3.8) is 0 Å². The number of halogens is 2. The van der Waals surface area contributed by atoms with Gasteiger partial charge in [-0.05, 0) is 44.9 Å². The Kier molecular flexibility index (Phi) is 4.47. The molecule has 1 aliphatic rings. The summed E-state index contributed by atoms with van der Waals surface area (Å²) in [7, 11) is 0. The highest BCUT2D eigenvalue weighted by Gasteiger charge is 2.23. The molecule has 0 aliphatic carbocycles.